The molecule has 94 valence electrons. The van der Waals surface area contributed by atoms with E-state index in [0.717, 1.165) is 6.42 Å². The summed E-state index contributed by atoms with van der Waals surface area (Å²) in [5, 5.41) is 5.75. The van der Waals surface area contributed by atoms with Crippen molar-refractivity contribution in [3.8, 4) is 0 Å². The first-order valence-corrected chi connectivity index (χ1v) is 5.93. The van der Waals surface area contributed by atoms with Gasteiger partial charge < -0.3 is 10.6 Å². The van der Waals surface area contributed by atoms with Crippen molar-refractivity contribution in [1.82, 2.24) is 15.3 Å². The van der Waals surface area contributed by atoms with Gasteiger partial charge in [-0.25, -0.2) is 9.97 Å². The lowest BCUT2D eigenvalue weighted by atomic mass is 10.2. The van der Waals surface area contributed by atoms with Crippen LogP contribution in [0.3, 0.4) is 0 Å². The zero-order chi connectivity index (χ0) is 12.8. The molecule has 17 heavy (non-hydrogen) atoms. The van der Waals surface area contributed by atoms with E-state index < -0.39 is 0 Å². The number of rotatable bonds is 5. The van der Waals surface area contributed by atoms with Gasteiger partial charge in [-0.05, 0) is 6.42 Å². The molecule has 0 aliphatic heterocycles. The normalized spacial score (nSPS) is 10.4. The summed E-state index contributed by atoms with van der Waals surface area (Å²) in [6.45, 7) is 6.67. The van der Waals surface area contributed by atoms with E-state index in [1.807, 2.05) is 20.8 Å². The molecule has 0 fully saturated rings. The second-order valence-electron chi connectivity index (χ2n) is 4.15. The molecule has 1 rings (SSSR count). The molecule has 0 atom stereocenters. The Kier molecular flexibility index (Phi) is 4.87. The summed E-state index contributed by atoms with van der Waals surface area (Å²) in [7, 11) is 1.75. The summed E-state index contributed by atoms with van der Waals surface area (Å²) in [5.74, 6) is 0.741. The van der Waals surface area contributed by atoms with E-state index in [9.17, 15) is 4.79 Å². The molecule has 2 N–H and O–H groups in total. The zero-order valence-corrected chi connectivity index (χ0v) is 10.9. The Morgan fingerprint density at radius 3 is 2.71 bits per heavy atom. The minimum atomic E-state index is -0.152. The quantitative estimate of drug-likeness (QED) is 0.817. The molecule has 0 saturated carbocycles. The van der Waals surface area contributed by atoms with Crippen LogP contribution in [0.1, 0.15) is 49.4 Å². The second-order valence-corrected chi connectivity index (χ2v) is 4.15. The van der Waals surface area contributed by atoms with E-state index in [2.05, 4.69) is 20.6 Å². The molecule has 0 saturated heterocycles. The zero-order valence-electron chi connectivity index (χ0n) is 10.9. The van der Waals surface area contributed by atoms with E-state index in [0.29, 0.717) is 23.8 Å². The van der Waals surface area contributed by atoms with E-state index in [-0.39, 0.29) is 11.8 Å². The molecule has 0 aromatic carbocycles. The van der Waals surface area contributed by atoms with Crippen LogP contribution in [0.2, 0.25) is 0 Å². The third-order valence-electron chi connectivity index (χ3n) is 2.34. The molecule has 0 aliphatic rings. The molecular formula is C12H20N4O. The Hall–Kier alpha value is -1.65. The van der Waals surface area contributed by atoms with Crippen molar-refractivity contribution in [2.45, 2.75) is 33.1 Å². The van der Waals surface area contributed by atoms with Crippen LogP contribution >= 0.6 is 0 Å². The van der Waals surface area contributed by atoms with Crippen LogP contribution in [-0.2, 0) is 0 Å². The van der Waals surface area contributed by atoms with Crippen molar-refractivity contribution in [2.75, 3.05) is 18.9 Å². The average Bonchev–Trinajstić information content (AvgIpc) is 2.34. The largest absolute Gasteiger partial charge is 0.385 e. The van der Waals surface area contributed by atoms with Crippen molar-refractivity contribution in [3.05, 3.63) is 17.7 Å². The molecule has 0 unspecified atom stereocenters. The number of carbonyl (C=O) groups is 1. The van der Waals surface area contributed by atoms with Crippen LogP contribution in [-0.4, -0.2) is 29.5 Å². The first-order chi connectivity index (χ1) is 8.10. The summed E-state index contributed by atoms with van der Waals surface area (Å²) in [6.07, 6.45) is 2.56. The predicted octanol–water partition coefficient (Wildman–Crippen LogP) is 1.78. The highest BCUT2D eigenvalue weighted by atomic mass is 16.1. The minimum Gasteiger partial charge on any atom is -0.385 e. The number of hydrogen-bond acceptors (Lipinski definition) is 4. The highest BCUT2D eigenvalue weighted by Gasteiger charge is 2.15. The number of nitrogens with zero attached hydrogens (tertiary/aromatic N) is 2. The Labute approximate surface area is 102 Å². The Bertz CT molecular complexity index is 390. The smallest absolute Gasteiger partial charge is 0.272 e. The molecule has 5 nitrogen and oxygen atoms in total. The van der Waals surface area contributed by atoms with Gasteiger partial charge in [0, 0.05) is 19.5 Å². The van der Waals surface area contributed by atoms with Gasteiger partial charge in [-0.1, -0.05) is 20.8 Å². The minimum absolute atomic E-state index is 0.152. The third-order valence-corrected chi connectivity index (χ3v) is 2.34. The van der Waals surface area contributed by atoms with E-state index in [4.69, 9.17) is 0 Å². The standard InChI is InChI=1S/C12H20N4O/c1-5-6-14-12(17)10-9(13-4)7-15-11(16-10)8(2)3/h7-8,13H,5-6H2,1-4H3,(H,14,17). The third kappa shape index (κ3) is 3.41. The Morgan fingerprint density at radius 1 is 1.47 bits per heavy atom. The van der Waals surface area contributed by atoms with Gasteiger partial charge in [0.25, 0.3) is 5.91 Å². The molecule has 0 radical (unpaired) electrons. The number of aromatic nitrogens is 2. The average molecular weight is 236 g/mol. The lowest BCUT2D eigenvalue weighted by Crippen LogP contribution is -2.26. The molecular weight excluding hydrogens is 216 g/mol. The molecule has 5 heteroatoms. The molecule has 1 heterocycles. The van der Waals surface area contributed by atoms with Crippen LogP contribution in [0.5, 0.6) is 0 Å². The van der Waals surface area contributed by atoms with E-state index in [1.54, 1.807) is 13.2 Å². The summed E-state index contributed by atoms with van der Waals surface area (Å²) in [5.41, 5.74) is 1.07. The van der Waals surface area contributed by atoms with Gasteiger partial charge in [0.1, 0.15) is 5.82 Å². The lowest BCUT2D eigenvalue weighted by molar-refractivity contribution is 0.0949. The van der Waals surface area contributed by atoms with Crippen molar-refractivity contribution in [1.29, 1.82) is 0 Å². The molecule has 1 aromatic rings. The van der Waals surface area contributed by atoms with Crippen LogP contribution in [0.15, 0.2) is 6.20 Å². The van der Waals surface area contributed by atoms with Crippen LogP contribution in [0, 0.1) is 0 Å². The van der Waals surface area contributed by atoms with Crippen molar-refractivity contribution < 1.29 is 4.79 Å². The maximum Gasteiger partial charge on any atom is 0.272 e. The second kappa shape index (κ2) is 6.18. The molecule has 0 aliphatic carbocycles. The topological polar surface area (TPSA) is 66.9 Å². The maximum absolute atomic E-state index is 11.9. The number of nitrogens with one attached hydrogen (secondary N) is 2. The summed E-state index contributed by atoms with van der Waals surface area (Å²) < 4.78 is 0. The number of anilines is 1. The molecule has 1 amide bonds. The SMILES string of the molecule is CCCNC(=O)c1nc(C(C)C)ncc1NC. The highest BCUT2D eigenvalue weighted by molar-refractivity contribution is 5.97. The molecule has 0 spiro atoms. The van der Waals surface area contributed by atoms with Gasteiger partial charge in [0.15, 0.2) is 5.69 Å². The lowest BCUT2D eigenvalue weighted by Gasteiger charge is -2.11. The van der Waals surface area contributed by atoms with Crippen LogP contribution in [0.4, 0.5) is 5.69 Å². The number of carbonyl (C=O) groups excluding carboxylic acids is 1. The fraction of sp³-hybridized carbons (Fsp3) is 0.583. The first kappa shape index (κ1) is 13.4. The van der Waals surface area contributed by atoms with E-state index >= 15 is 0 Å². The number of hydrogen-bond donors (Lipinski definition) is 2. The summed E-state index contributed by atoms with van der Waals surface area (Å²) >= 11 is 0. The number of amides is 1. The monoisotopic (exact) mass is 236 g/mol. The maximum atomic E-state index is 11.9. The Balaban J connectivity index is 3.01. The highest BCUT2D eigenvalue weighted by Crippen LogP contribution is 2.15. The fourth-order valence-corrected chi connectivity index (χ4v) is 1.35. The predicted molar refractivity (Wildman–Crippen MR) is 68.3 cm³/mol. The van der Waals surface area contributed by atoms with Gasteiger partial charge in [-0.15, -0.1) is 0 Å². The van der Waals surface area contributed by atoms with Gasteiger partial charge in [0.05, 0.1) is 11.9 Å². The molecule has 0 bridgehead atoms. The van der Waals surface area contributed by atoms with Crippen molar-refractivity contribution >= 4 is 11.6 Å². The van der Waals surface area contributed by atoms with Gasteiger partial charge in [-0.3, -0.25) is 4.79 Å². The first-order valence-electron chi connectivity index (χ1n) is 5.93. The van der Waals surface area contributed by atoms with Gasteiger partial charge in [0.2, 0.25) is 0 Å². The van der Waals surface area contributed by atoms with E-state index in [1.165, 1.54) is 0 Å². The van der Waals surface area contributed by atoms with Crippen LogP contribution < -0.4 is 10.6 Å². The van der Waals surface area contributed by atoms with Gasteiger partial charge >= 0.3 is 0 Å². The molecule has 1 aromatic heterocycles. The Morgan fingerprint density at radius 2 is 2.18 bits per heavy atom. The summed E-state index contributed by atoms with van der Waals surface area (Å²) in [6, 6.07) is 0. The fourth-order valence-electron chi connectivity index (χ4n) is 1.35. The van der Waals surface area contributed by atoms with Crippen molar-refractivity contribution in [2.24, 2.45) is 0 Å². The van der Waals surface area contributed by atoms with Crippen molar-refractivity contribution in [3.63, 3.8) is 0 Å². The van der Waals surface area contributed by atoms with Gasteiger partial charge in [-0.2, -0.15) is 0 Å². The summed E-state index contributed by atoms with van der Waals surface area (Å²) in [4.78, 5) is 20.4. The van der Waals surface area contributed by atoms with Crippen LogP contribution in [0.25, 0.3) is 0 Å².